The highest BCUT2D eigenvalue weighted by molar-refractivity contribution is 5.89. The molecule has 2 nitrogen and oxygen atoms in total. The van der Waals surface area contributed by atoms with Gasteiger partial charge in [-0.15, -0.1) is 0 Å². The molecule has 1 heterocycles. The number of ketones is 1. The van der Waals surface area contributed by atoms with E-state index in [0.717, 1.165) is 19.4 Å². The quantitative estimate of drug-likeness (QED) is 0.641. The van der Waals surface area contributed by atoms with E-state index in [9.17, 15) is 4.79 Å². The van der Waals surface area contributed by atoms with Gasteiger partial charge in [0.15, 0.2) is 5.78 Å². The Labute approximate surface area is 73.7 Å². The second-order valence-corrected chi connectivity index (χ2v) is 4.28. The minimum absolute atomic E-state index is 0.156. The van der Waals surface area contributed by atoms with Gasteiger partial charge < -0.3 is 5.32 Å². The molecule has 68 valence electrons. The molecule has 0 aromatic rings. The zero-order valence-corrected chi connectivity index (χ0v) is 7.73. The van der Waals surface area contributed by atoms with Crippen LogP contribution in [0.25, 0.3) is 0 Å². The number of rotatable bonds is 1. The predicted molar refractivity (Wildman–Crippen MR) is 48.0 cm³/mol. The minimum Gasteiger partial charge on any atom is -0.305 e. The lowest BCUT2D eigenvalue weighted by molar-refractivity contribution is -0.130. The molecule has 0 spiro atoms. The van der Waals surface area contributed by atoms with Gasteiger partial charge in [-0.1, -0.05) is 6.42 Å². The molecular formula is C10H17NO. The Hall–Kier alpha value is -0.370. The highest BCUT2D eigenvalue weighted by Crippen LogP contribution is 2.38. The first-order chi connectivity index (χ1) is 5.73. The first-order valence-corrected chi connectivity index (χ1v) is 5.02. The molecule has 0 amide bonds. The van der Waals surface area contributed by atoms with Crippen molar-refractivity contribution in [1.29, 1.82) is 0 Å². The Morgan fingerprint density at radius 3 is 2.67 bits per heavy atom. The zero-order chi connectivity index (χ0) is 8.60. The summed E-state index contributed by atoms with van der Waals surface area (Å²) in [5, 5.41) is 3.40. The molecule has 0 radical (unpaired) electrons. The van der Waals surface area contributed by atoms with E-state index in [-0.39, 0.29) is 5.54 Å². The molecule has 2 heteroatoms. The average Bonchev–Trinajstić information content (AvgIpc) is 1.92. The number of Topliss-reactive ketones (excluding diaryl/α,β-unsaturated/α-hetero) is 1. The number of piperidine rings is 1. The van der Waals surface area contributed by atoms with E-state index in [1.807, 2.05) is 0 Å². The van der Waals surface area contributed by atoms with Crippen LogP contribution in [0.15, 0.2) is 0 Å². The Bertz CT molecular complexity index is 198. The summed E-state index contributed by atoms with van der Waals surface area (Å²) in [5.74, 6) is 1.07. The van der Waals surface area contributed by atoms with Crippen LogP contribution < -0.4 is 5.32 Å². The summed E-state index contributed by atoms with van der Waals surface area (Å²) in [4.78, 5) is 11.7. The van der Waals surface area contributed by atoms with Crippen LogP contribution in [0.1, 0.15) is 39.0 Å². The molecule has 0 aromatic carbocycles. The minimum atomic E-state index is -0.156. The fourth-order valence-electron chi connectivity index (χ4n) is 2.31. The summed E-state index contributed by atoms with van der Waals surface area (Å²) in [7, 11) is 0. The molecule has 1 saturated heterocycles. The summed E-state index contributed by atoms with van der Waals surface area (Å²) in [5.41, 5.74) is -0.156. The standard InChI is InChI=1S/C10H17NO/c1-10(8-4-2-5-8)9(12)6-3-7-11-10/h8,11H,2-7H2,1H3. The second kappa shape index (κ2) is 2.84. The first kappa shape index (κ1) is 8.24. The zero-order valence-electron chi connectivity index (χ0n) is 7.73. The van der Waals surface area contributed by atoms with Crippen LogP contribution in [0, 0.1) is 5.92 Å². The van der Waals surface area contributed by atoms with Crippen molar-refractivity contribution in [3.63, 3.8) is 0 Å². The van der Waals surface area contributed by atoms with E-state index in [1.54, 1.807) is 0 Å². The van der Waals surface area contributed by atoms with Crippen molar-refractivity contribution in [3.8, 4) is 0 Å². The van der Waals surface area contributed by atoms with Crippen LogP contribution >= 0.6 is 0 Å². The number of carbonyl (C=O) groups is 1. The molecule has 1 N–H and O–H groups in total. The molecular weight excluding hydrogens is 150 g/mol. The fraction of sp³-hybridized carbons (Fsp3) is 0.900. The smallest absolute Gasteiger partial charge is 0.152 e. The van der Waals surface area contributed by atoms with Crippen molar-refractivity contribution >= 4 is 5.78 Å². The Kier molecular flexibility index (Phi) is 1.95. The third-order valence-corrected chi connectivity index (χ3v) is 3.57. The summed E-state index contributed by atoms with van der Waals surface area (Å²) in [6.07, 6.45) is 5.63. The van der Waals surface area contributed by atoms with Gasteiger partial charge >= 0.3 is 0 Å². The topological polar surface area (TPSA) is 29.1 Å². The van der Waals surface area contributed by atoms with E-state index >= 15 is 0 Å². The molecule has 0 bridgehead atoms. The van der Waals surface area contributed by atoms with Crippen molar-refractivity contribution in [2.45, 2.75) is 44.6 Å². The van der Waals surface area contributed by atoms with E-state index in [2.05, 4.69) is 12.2 Å². The molecule has 1 aliphatic heterocycles. The van der Waals surface area contributed by atoms with Gasteiger partial charge in [-0.3, -0.25) is 4.79 Å². The predicted octanol–water partition coefficient (Wildman–Crippen LogP) is 1.50. The molecule has 1 aliphatic carbocycles. The maximum atomic E-state index is 11.7. The van der Waals surface area contributed by atoms with Gasteiger partial charge in [0, 0.05) is 6.42 Å². The SMILES string of the molecule is CC1(C2CCC2)NCCCC1=O. The normalized spacial score (nSPS) is 37.9. The van der Waals surface area contributed by atoms with Crippen LogP contribution in [0.3, 0.4) is 0 Å². The molecule has 2 aliphatic rings. The van der Waals surface area contributed by atoms with Gasteiger partial charge in [-0.2, -0.15) is 0 Å². The Balaban J connectivity index is 2.09. The van der Waals surface area contributed by atoms with Gasteiger partial charge in [-0.05, 0) is 38.6 Å². The first-order valence-electron chi connectivity index (χ1n) is 5.02. The third-order valence-electron chi connectivity index (χ3n) is 3.57. The maximum Gasteiger partial charge on any atom is 0.152 e. The molecule has 2 fully saturated rings. The summed E-state index contributed by atoms with van der Waals surface area (Å²) >= 11 is 0. The fourth-order valence-corrected chi connectivity index (χ4v) is 2.31. The number of nitrogens with one attached hydrogen (secondary N) is 1. The third kappa shape index (κ3) is 1.09. The summed E-state index contributed by atoms with van der Waals surface area (Å²) in [6.45, 7) is 3.12. The monoisotopic (exact) mass is 167 g/mol. The van der Waals surface area contributed by atoms with Crippen LogP contribution in [-0.2, 0) is 4.79 Å². The largest absolute Gasteiger partial charge is 0.305 e. The van der Waals surface area contributed by atoms with Crippen molar-refractivity contribution in [3.05, 3.63) is 0 Å². The molecule has 0 aromatic heterocycles. The highest BCUT2D eigenvalue weighted by Gasteiger charge is 2.44. The maximum absolute atomic E-state index is 11.7. The molecule has 1 unspecified atom stereocenters. The van der Waals surface area contributed by atoms with Crippen LogP contribution in [0.5, 0.6) is 0 Å². The van der Waals surface area contributed by atoms with Gasteiger partial charge in [0.1, 0.15) is 0 Å². The van der Waals surface area contributed by atoms with Gasteiger partial charge in [0.2, 0.25) is 0 Å². The van der Waals surface area contributed by atoms with Crippen LogP contribution in [0.2, 0.25) is 0 Å². The Morgan fingerprint density at radius 2 is 2.17 bits per heavy atom. The molecule has 2 rings (SSSR count). The highest BCUT2D eigenvalue weighted by atomic mass is 16.1. The van der Waals surface area contributed by atoms with E-state index in [0.29, 0.717) is 11.7 Å². The number of hydrogen-bond donors (Lipinski definition) is 1. The van der Waals surface area contributed by atoms with E-state index < -0.39 is 0 Å². The second-order valence-electron chi connectivity index (χ2n) is 4.28. The van der Waals surface area contributed by atoms with Crippen molar-refractivity contribution in [2.24, 2.45) is 5.92 Å². The van der Waals surface area contributed by atoms with Crippen LogP contribution in [0.4, 0.5) is 0 Å². The number of hydrogen-bond acceptors (Lipinski definition) is 2. The van der Waals surface area contributed by atoms with E-state index in [1.165, 1.54) is 19.3 Å². The Morgan fingerprint density at radius 1 is 1.42 bits per heavy atom. The van der Waals surface area contributed by atoms with E-state index in [4.69, 9.17) is 0 Å². The summed E-state index contributed by atoms with van der Waals surface area (Å²) < 4.78 is 0. The molecule has 1 saturated carbocycles. The lowest BCUT2D eigenvalue weighted by Crippen LogP contribution is -2.59. The van der Waals surface area contributed by atoms with Gasteiger partial charge in [-0.25, -0.2) is 0 Å². The lowest BCUT2D eigenvalue weighted by atomic mass is 9.68. The lowest BCUT2D eigenvalue weighted by Gasteiger charge is -2.44. The van der Waals surface area contributed by atoms with Crippen molar-refractivity contribution < 1.29 is 4.79 Å². The van der Waals surface area contributed by atoms with Gasteiger partial charge in [0.05, 0.1) is 5.54 Å². The van der Waals surface area contributed by atoms with Crippen molar-refractivity contribution in [1.82, 2.24) is 5.32 Å². The van der Waals surface area contributed by atoms with Crippen LogP contribution in [-0.4, -0.2) is 17.9 Å². The molecule has 1 atom stereocenters. The summed E-state index contributed by atoms with van der Waals surface area (Å²) in [6, 6.07) is 0. The number of carbonyl (C=O) groups excluding carboxylic acids is 1. The average molecular weight is 167 g/mol. The molecule has 12 heavy (non-hydrogen) atoms. The van der Waals surface area contributed by atoms with Crippen molar-refractivity contribution in [2.75, 3.05) is 6.54 Å². The van der Waals surface area contributed by atoms with Gasteiger partial charge in [0.25, 0.3) is 0 Å².